The molecule has 0 bridgehead atoms. The zero-order valence-electron chi connectivity index (χ0n) is 19.9. The minimum absolute atomic E-state index is 0.111. The fraction of sp³-hybridized carbons (Fsp3) is 0.250. The maximum Gasteiger partial charge on any atom is 0.254 e. The Hall–Kier alpha value is -3.75. The molecule has 3 aromatic rings. The molecule has 0 spiro atoms. The Morgan fingerprint density at radius 3 is 2.61 bits per heavy atom. The molecular formula is C28H27F2N3O3. The molecule has 186 valence electrons. The van der Waals surface area contributed by atoms with E-state index >= 15 is 4.39 Å². The normalized spacial score (nSPS) is 13.8. The smallest absolute Gasteiger partial charge is 0.254 e. The van der Waals surface area contributed by atoms with Gasteiger partial charge in [0.1, 0.15) is 11.6 Å². The molecule has 0 aliphatic carbocycles. The molecule has 0 radical (unpaired) electrons. The Labute approximate surface area is 208 Å². The number of aromatic nitrogens is 1. The summed E-state index contributed by atoms with van der Waals surface area (Å²) in [5.41, 5.74) is 3.02. The Balaban J connectivity index is 1.64. The molecule has 36 heavy (non-hydrogen) atoms. The summed E-state index contributed by atoms with van der Waals surface area (Å²) in [5, 5.41) is 9.65. The summed E-state index contributed by atoms with van der Waals surface area (Å²) in [4.78, 5) is 24.1. The van der Waals surface area contributed by atoms with Gasteiger partial charge in [0.15, 0.2) is 0 Å². The Kier molecular flexibility index (Phi) is 8.30. The highest BCUT2D eigenvalue weighted by atomic mass is 19.1. The van der Waals surface area contributed by atoms with Gasteiger partial charge in [-0.15, -0.1) is 0 Å². The maximum atomic E-state index is 15.1. The van der Waals surface area contributed by atoms with E-state index in [2.05, 4.69) is 9.98 Å². The van der Waals surface area contributed by atoms with E-state index in [4.69, 9.17) is 4.74 Å². The number of amides is 1. The summed E-state index contributed by atoms with van der Waals surface area (Å²) >= 11 is 0. The summed E-state index contributed by atoms with van der Waals surface area (Å²) in [7, 11) is 1.46. The van der Waals surface area contributed by atoms with Gasteiger partial charge in [-0.2, -0.15) is 0 Å². The highest BCUT2D eigenvalue weighted by Crippen LogP contribution is 2.26. The maximum absolute atomic E-state index is 15.1. The molecule has 4 rings (SSSR count). The van der Waals surface area contributed by atoms with Gasteiger partial charge in [-0.3, -0.25) is 14.8 Å². The standard InChI is InChI=1S/C28H27F2N3O3/c1-36-23(18-34)17-33(14-12-22-5-2-3-13-31-22)28(35)24-6-4-7-25(30)27(24)26-15-20(16-32-26)19-8-10-21(29)11-9-19/h2-11,13,15,23,34H,12,14,16-18H2,1H3/t23-/m1/s1. The second kappa shape index (κ2) is 11.8. The van der Waals surface area contributed by atoms with Crippen LogP contribution in [0, 0.1) is 11.6 Å². The average molecular weight is 492 g/mol. The fourth-order valence-corrected chi connectivity index (χ4v) is 4.07. The van der Waals surface area contributed by atoms with Crippen LogP contribution >= 0.6 is 0 Å². The van der Waals surface area contributed by atoms with Crippen molar-refractivity contribution in [1.29, 1.82) is 0 Å². The number of aliphatic hydroxyl groups is 1. The predicted octanol–water partition coefficient (Wildman–Crippen LogP) is 3.94. The van der Waals surface area contributed by atoms with Crippen LogP contribution in [-0.2, 0) is 11.2 Å². The van der Waals surface area contributed by atoms with E-state index in [1.54, 1.807) is 30.5 Å². The van der Waals surface area contributed by atoms with Crippen molar-refractivity contribution in [1.82, 2.24) is 9.88 Å². The molecule has 1 aliphatic rings. The number of hydrogen-bond acceptors (Lipinski definition) is 5. The minimum Gasteiger partial charge on any atom is -0.394 e. The number of methoxy groups -OCH3 is 1. The van der Waals surface area contributed by atoms with Crippen LogP contribution in [0.25, 0.3) is 5.57 Å². The minimum atomic E-state index is -0.594. The first-order valence-electron chi connectivity index (χ1n) is 11.6. The molecule has 1 amide bonds. The number of aliphatic imine (C=N–C) groups is 1. The third-order valence-electron chi connectivity index (χ3n) is 6.06. The van der Waals surface area contributed by atoms with Crippen LogP contribution in [-0.4, -0.2) is 66.1 Å². The summed E-state index contributed by atoms with van der Waals surface area (Å²) in [5.74, 6) is -1.31. The summed E-state index contributed by atoms with van der Waals surface area (Å²) in [6.07, 6.45) is 3.30. The number of aliphatic hydroxyl groups excluding tert-OH is 1. The first-order chi connectivity index (χ1) is 17.5. The molecule has 6 nitrogen and oxygen atoms in total. The van der Waals surface area contributed by atoms with Crippen molar-refractivity contribution in [2.75, 3.05) is 33.4 Å². The van der Waals surface area contributed by atoms with E-state index < -0.39 is 17.8 Å². The number of benzene rings is 2. The van der Waals surface area contributed by atoms with Gasteiger partial charge in [-0.25, -0.2) is 8.78 Å². The van der Waals surface area contributed by atoms with Crippen molar-refractivity contribution < 1.29 is 23.4 Å². The number of pyridine rings is 1. The number of rotatable bonds is 10. The van der Waals surface area contributed by atoms with Crippen molar-refractivity contribution in [2.24, 2.45) is 4.99 Å². The predicted molar refractivity (Wildman–Crippen MR) is 134 cm³/mol. The first kappa shape index (κ1) is 25.3. The third kappa shape index (κ3) is 5.90. The number of carbonyl (C=O) groups is 1. The SMILES string of the molecule is CO[C@@H](CO)CN(CCc1ccccn1)C(=O)c1cccc(F)c1C1=NCC(c2ccc(F)cc2)=C1. The molecule has 1 aliphatic heterocycles. The van der Waals surface area contributed by atoms with E-state index in [0.29, 0.717) is 25.2 Å². The summed E-state index contributed by atoms with van der Waals surface area (Å²) in [6, 6.07) is 15.9. The first-order valence-corrected chi connectivity index (χ1v) is 11.6. The molecule has 2 heterocycles. The second-order valence-electron chi connectivity index (χ2n) is 8.40. The zero-order valence-corrected chi connectivity index (χ0v) is 19.9. The largest absolute Gasteiger partial charge is 0.394 e. The van der Waals surface area contributed by atoms with Gasteiger partial charge in [0.05, 0.1) is 30.5 Å². The lowest BCUT2D eigenvalue weighted by molar-refractivity contribution is 0.0208. The number of ether oxygens (including phenoxy) is 1. The van der Waals surface area contributed by atoms with Crippen LogP contribution in [0.2, 0.25) is 0 Å². The van der Waals surface area contributed by atoms with E-state index in [9.17, 15) is 14.3 Å². The molecule has 0 fully saturated rings. The molecule has 1 aromatic heterocycles. The van der Waals surface area contributed by atoms with Crippen LogP contribution in [0.5, 0.6) is 0 Å². The quantitative estimate of drug-likeness (QED) is 0.466. The van der Waals surface area contributed by atoms with Crippen LogP contribution in [0.3, 0.4) is 0 Å². The van der Waals surface area contributed by atoms with Crippen molar-refractivity contribution >= 4 is 17.2 Å². The number of hydrogen-bond donors (Lipinski definition) is 1. The van der Waals surface area contributed by atoms with Crippen LogP contribution < -0.4 is 0 Å². The van der Waals surface area contributed by atoms with Crippen molar-refractivity contribution in [3.63, 3.8) is 0 Å². The molecule has 2 aromatic carbocycles. The van der Waals surface area contributed by atoms with Gasteiger partial charge in [0.2, 0.25) is 0 Å². The molecule has 0 saturated carbocycles. The van der Waals surface area contributed by atoms with Crippen LogP contribution in [0.4, 0.5) is 8.78 Å². The lowest BCUT2D eigenvalue weighted by atomic mass is 9.98. The van der Waals surface area contributed by atoms with E-state index in [-0.39, 0.29) is 30.1 Å². The Morgan fingerprint density at radius 2 is 1.92 bits per heavy atom. The molecule has 0 saturated heterocycles. The van der Waals surface area contributed by atoms with E-state index in [0.717, 1.165) is 16.8 Å². The van der Waals surface area contributed by atoms with E-state index in [1.807, 2.05) is 18.2 Å². The summed E-state index contributed by atoms with van der Waals surface area (Å²) in [6.45, 7) is 0.450. The molecule has 1 N–H and O–H groups in total. The fourth-order valence-electron chi connectivity index (χ4n) is 4.07. The average Bonchev–Trinajstić information content (AvgIpc) is 3.39. The number of allylic oxidation sites excluding steroid dienone is 1. The van der Waals surface area contributed by atoms with Crippen molar-refractivity contribution in [3.8, 4) is 0 Å². The lowest BCUT2D eigenvalue weighted by Crippen LogP contribution is -2.41. The molecule has 1 atom stereocenters. The van der Waals surface area contributed by atoms with Crippen LogP contribution in [0.1, 0.15) is 27.2 Å². The third-order valence-corrected chi connectivity index (χ3v) is 6.06. The van der Waals surface area contributed by atoms with Gasteiger partial charge in [0.25, 0.3) is 5.91 Å². The number of carbonyl (C=O) groups excluding carboxylic acids is 1. The molecule has 0 unspecified atom stereocenters. The topological polar surface area (TPSA) is 75.0 Å². The summed E-state index contributed by atoms with van der Waals surface area (Å²) < 4.78 is 33.8. The van der Waals surface area contributed by atoms with Crippen molar-refractivity contribution in [3.05, 3.63) is 107 Å². The highest BCUT2D eigenvalue weighted by Gasteiger charge is 2.26. The van der Waals surface area contributed by atoms with Crippen LogP contribution in [0.15, 0.2) is 77.9 Å². The second-order valence-corrected chi connectivity index (χ2v) is 8.40. The molecule has 8 heteroatoms. The van der Waals surface area contributed by atoms with Gasteiger partial charge in [-0.1, -0.05) is 24.3 Å². The van der Waals surface area contributed by atoms with Gasteiger partial charge >= 0.3 is 0 Å². The van der Waals surface area contributed by atoms with Gasteiger partial charge in [0, 0.05) is 44.1 Å². The Bertz CT molecular complexity index is 1260. The highest BCUT2D eigenvalue weighted by molar-refractivity contribution is 6.19. The molecular weight excluding hydrogens is 464 g/mol. The lowest BCUT2D eigenvalue weighted by Gasteiger charge is -2.27. The van der Waals surface area contributed by atoms with Crippen molar-refractivity contribution in [2.45, 2.75) is 12.5 Å². The zero-order chi connectivity index (χ0) is 25.5. The number of halogens is 2. The van der Waals surface area contributed by atoms with E-state index in [1.165, 1.54) is 36.3 Å². The van der Waals surface area contributed by atoms with Gasteiger partial charge in [-0.05, 0) is 53.6 Å². The Morgan fingerprint density at radius 1 is 1.11 bits per heavy atom. The van der Waals surface area contributed by atoms with Gasteiger partial charge < -0.3 is 14.7 Å². The monoisotopic (exact) mass is 491 g/mol. The number of nitrogens with zero attached hydrogens (tertiary/aromatic N) is 3.